The molecule has 0 saturated heterocycles. The fourth-order valence-electron chi connectivity index (χ4n) is 2.59. The average Bonchev–Trinajstić information content (AvgIpc) is 2.66. The van der Waals surface area contributed by atoms with Crippen LogP contribution >= 0.6 is 0 Å². The smallest absolute Gasteiger partial charge is 0.120 e. The molecule has 114 valence electrons. The van der Waals surface area contributed by atoms with Gasteiger partial charge in [0.25, 0.3) is 0 Å². The van der Waals surface area contributed by atoms with Crippen molar-refractivity contribution in [2.24, 2.45) is 12.9 Å². The monoisotopic (exact) mass is 288 g/mol. The van der Waals surface area contributed by atoms with Crippen molar-refractivity contribution in [2.45, 2.75) is 39.8 Å². The van der Waals surface area contributed by atoms with Gasteiger partial charge in [-0.2, -0.15) is 5.10 Å². The molecule has 0 radical (unpaired) electrons. The molecule has 2 aromatic rings. The maximum atomic E-state index is 5.81. The molecule has 5 heteroatoms. The summed E-state index contributed by atoms with van der Waals surface area (Å²) in [4.78, 5) is 0. The lowest BCUT2D eigenvalue weighted by atomic mass is 9.97. The molecule has 21 heavy (non-hydrogen) atoms. The van der Waals surface area contributed by atoms with Crippen molar-refractivity contribution in [1.82, 2.24) is 15.2 Å². The molecule has 1 aromatic heterocycles. The fraction of sp³-hybridized carbons (Fsp3) is 0.438. The number of ether oxygens (including phenoxy) is 1. The van der Waals surface area contributed by atoms with E-state index in [1.54, 1.807) is 0 Å². The van der Waals surface area contributed by atoms with Crippen molar-refractivity contribution >= 4 is 0 Å². The van der Waals surface area contributed by atoms with Crippen LogP contribution in [0.5, 0.6) is 5.75 Å². The number of rotatable bonds is 5. The molecule has 2 rings (SSSR count). The molecule has 0 amide bonds. The van der Waals surface area contributed by atoms with Gasteiger partial charge in [0.05, 0.1) is 17.8 Å². The van der Waals surface area contributed by atoms with Crippen molar-refractivity contribution in [1.29, 1.82) is 0 Å². The van der Waals surface area contributed by atoms with Crippen LogP contribution in [0.2, 0.25) is 0 Å². The summed E-state index contributed by atoms with van der Waals surface area (Å²) < 4.78 is 7.64. The summed E-state index contributed by atoms with van der Waals surface area (Å²) in [6.07, 6.45) is 0.145. The third-order valence-corrected chi connectivity index (χ3v) is 3.58. The van der Waals surface area contributed by atoms with Gasteiger partial charge in [-0.3, -0.25) is 10.5 Å². The minimum atomic E-state index is -0.102. The summed E-state index contributed by atoms with van der Waals surface area (Å²) in [5.41, 5.74) is 7.16. The lowest BCUT2D eigenvalue weighted by Gasteiger charge is -2.19. The first-order valence-electron chi connectivity index (χ1n) is 7.17. The molecule has 0 bridgehead atoms. The van der Waals surface area contributed by atoms with Crippen LogP contribution in [0.15, 0.2) is 24.3 Å². The SMILES string of the molecule is Cc1nn(C)c(C)c1C(NN)c1cccc(OC(C)C)c1. The third kappa shape index (κ3) is 3.25. The molecule has 0 spiro atoms. The van der Waals surface area contributed by atoms with E-state index in [2.05, 4.69) is 10.5 Å². The zero-order valence-electron chi connectivity index (χ0n) is 13.3. The standard InChI is InChI=1S/C16H24N4O/c1-10(2)21-14-8-6-7-13(9-14)16(18-17)15-11(3)19-20(5)12(15)4/h6-10,16,18H,17H2,1-5H3. The topological polar surface area (TPSA) is 65.1 Å². The van der Waals surface area contributed by atoms with Crippen molar-refractivity contribution in [3.63, 3.8) is 0 Å². The van der Waals surface area contributed by atoms with Gasteiger partial charge in [0.15, 0.2) is 0 Å². The maximum absolute atomic E-state index is 5.81. The van der Waals surface area contributed by atoms with E-state index in [1.807, 2.05) is 63.7 Å². The minimum Gasteiger partial charge on any atom is -0.491 e. The van der Waals surface area contributed by atoms with Crippen molar-refractivity contribution in [3.8, 4) is 5.75 Å². The number of hydrogen-bond acceptors (Lipinski definition) is 4. The van der Waals surface area contributed by atoms with E-state index in [-0.39, 0.29) is 12.1 Å². The molecule has 0 saturated carbocycles. The number of benzene rings is 1. The average molecular weight is 288 g/mol. The zero-order chi connectivity index (χ0) is 15.6. The van der Waals surface area contributed by atoms with E-state index in [1.165, 1.54) is 0 Å². The highest BCUT2D eigenvalue weighted by Gasteiger charge is 2.21. The first-order chi connectivity index (χ1) is 9.93. The van der Waals surface area contributed by atoms with Crippen molar-refractivity contribution in [3.05, 3.63) is 46.8 Å². The molecule has 0 aliphatic carbocycles. The molecule has 1 atom stereocenters. The Labute approximate surface area is 126 Å². The van der Waals surface area contributed by atoms with Crippen LogP contribution in [0.25, 0.3) is 0 Å². The van der Waals surface area contributed by atoms with Crippen molar-refractivity contribution in [2.75, 3.05) is 0 Å². The van der Waals surface area contributed by atoms with Crippen LogP contribution in [0.3, 0.4) is 0 Å². The van der Waals surface area contributed by atoms with Gasteiger partial charge >= 0.3 is 0 Å². The lowest BCUT2D eigenvalue weighted by molar-refractivity contribution is 0.242. The molecule has 1 heterocycles. The highest BCUT2D eigenvalue weighted by molar-refractivity contribution is 5.40. The molecular weight excluding hydrogens is 264 g/mol. The molecule has 0 aliphatic heterocycles. The van der Waals surface area contributed by atoms with Crippen LogP contribution in [-0.2, 0) is 7.05 Å². The zero-order valence-corrected chi connectivity index (χ0v) is 13.3. The summed E-state index contributed by atoms with van der Waals surface area (Å²) in [5.74, 6) is 6.66. The quantitative estimate of drug-likeness (QED) is 0.655. The molecule has 1 unspecified atom stereocenters. The van der Waals surface area contributed by atoms with Gasteiger partial charge in [-0.1, -0.05) is 12.1 Å². The minimum absolute atomic E-state index is 0.102. The second-order valence-electron chi connectivity index (χ2n) is 5.55. The third-order valence-electron chi connectivity index (χ3n) is 3.58. The second kappa shape index (κ2) is 6.28. The lowest BCUT2D eigenvalue weighted by Crippen LogP contribution is -2.29. The van der Waals surface area contributed by atoms with Gasteiger partial charge in [0, 0.05) is 18.3 Å². The van der Waals surface area contributed by atoms with Gasteiger partial charge in [-0.25, -0.2) is 5.43 Å². The van der Waals surface area contributed by atoms with E-state index in [4.69, 9.17) is 10.6 Å². The van der Waals surface area contributed by atoms with Crippen LogP contribution < -0.4 is 16.0 Å². The number of hydrogen-bond donors (Lipinski definition) is 2. The van der Waals surface area contributed by atoms with E-state index >= 15 is 0 Å². The van der Waals surface area contributed by atoms with E-state index in [0.29, 0.717) is 0 Å². The van der Waals surface area contributed by atoms with Gasteiger partial charge < -0.3 is 4.74 Å². The fourth-order valence-corrected chi connectivity index (χ4v) is 2.59. The molecule has 5 nitrogen and oxygen atoms in total. The summed E-state index contributed by atoms with van der Waals surface area (Å²) in [6, 6.07) is 7.91. The number of aromatic nitrogens is 2. The van der Waals surface area contributed by atoms with Gasteiger partial charge in [0.2, 0.25) is 0 Å². The van der Waals surface area contributed by atoms with Gasteiger partial charge in [0.1, 0.15) is 5.75 Å². The van der Waals surface area contributed by atoms with E-state index < -0.39 is 0 Å². The Morgan fingerprint density at radius 3 is 2.52 bits per heavy atom. The summed E-state index contributed by atoms with van der Waals surface area (Å²) in [7, 11) is 1.94. The Hall–Kier alpha value is -1.85. The normalized spacial score (nSPS) is 12.7. The van der Waals surface area contributed by atoms with E-state index in [9.17, 15) is 0 Å². The van der Waals surface area contributed by atoms with Crippen LogP contribution in [0.1, 0.15) is 42.4 Å². The summed E-state index contributed by atoms with van der Waals surface area (Å²) in [5, 5.41) is 4.47. The highest BCUT2D eigenvalue weighted by atomic mass is 16.5. The maximum Gasteiger partial charge on any atom is 0.120 e. The Morgan fingerprint density at radius 2 is 2.00 bits per heavy atom. The molecule has 3 N–H and O–H groups in total. The summed E-state index contributed by atoms with van der Waals surface area (Å²) >= 11 is 0. The molecule has 1 aromatic carbocycles. The molecule has 0 aliphatic rings. The first kappa shape index (κ1) is 15.5. The van der Waals surface area contributed by atoms with Crippen LogP contribution in [0.4, 0.5) is 0 Å². The first-order valence-corrected chi connectivity index (χ1v) is 7.17. The Balaban J connectivity index is 2.42. The van der Waals surface area contributed by atoms with E-state index in [0.717, 1.165) is 28.3 Å². The highest BCUT2D eigenvalue weighted by Crippen LogP contribution is 2.29. The largest absolute Gasteiger partial charge is 0.491 e. The van der Waals surface area contributed by atoms with Crippen LogP contribution in [-0.4, -0.2) is 15.9 Å². The van der Waals surface area contributed by atoms with Gasteiger partial charge in [-0.05, 0) is 45.4 Å². The van der Waals surface area contributed by atoms with Crippen molar-refractivity contribution < 1.29 is 4.74 Å². The Morgan fingerprint density at radius 1 is 1.29 bits per heavy atom. The Bertz CT molecular complexity index is 619. The predicted octanol–water partition coefficient (Wildman–Crippen LogP) is 2.38. The van der Waals surface area contributed by atoms with Gasteiger partial charge in [-0.15, -0.1) is 0 Å². The summed E-state index contributed by atoms with van der Waals surface area (Å²) in [6.45, 7) is 8.08. The molecular formula is C16H24N4O. The number of nitrogens with one attached hydrogen (secondary N) is 1. The number of hydrazine groups is 1. The Kier molecular flexibility index (Phi) is 4.65. The number of nitrogens with two attached hydrogens (primary N) is 1. The number of aryl methyl sites for hydroxylation is 2. The molecule has 0 fully saturated rings. The predicted molar refractivity (Wildman–Crippen MR) is 84.1 cm³/mol. The second-order valence-corrected chi connectivity index (χ2v) is 5.55. The number of nitrogens with zero attached hydrogens (tertiary/aromatic N) is 2. The van der Waals surface area contributed by atoms with Crippen LogP contribution in [0, 0.1) is 13.8 Å².